The maximum absolute atomic E-state index is 9.82. The van der Waals surface area contributed by atoms with Gasteiger partial charge in [-0.25, -0.2) is 0 Å². The van der Waals surface area contributed by atoms with E-state index >= 15 is 0 Å². The first kappa shape index (κ1) is 14.4. The molecule has 3 rings (SSSR count). The maximum Gasteiger partial charge on any atom is 0.0682 e. The summed E-state index contributed by atoms with van der Waals surface area (Å²) in [5.74, 6) is 0. The molecule has 4 heteroatoms. The lowest BCUT2D eigenvalue weighted by Gasteiger charge is -2.42. The first-order valence-corrected chi connectivity index (χ1v) is 8.67. The van der Waals surface area contributed by atoms with Crippen molar-refractivity contribution < 1.29 is 5.11 Å². The Morgan fingerprint density at radius 2 is 1.95 bits per heavy atom. The van der Waals surface area contributed by atoms with Crippen molar-refractivity contribution in [1.29, 1.82) is 0 Å². The number of nitrogens with zero attached hydrogens (tertiary/aromatic N) is 2. The molecule has 0 saturated carbocycles. The lowest BCUT2D eigenvalue weighted by Crippen LogP contribution is -2.54. The van der Waals surface area contributed by atoms with Crippen LogP contribution in [-0.2, 0) is 6.54 Å². The van der Waals surface area contributed by atoms with E-state index in [2.05, 4.69) is 47.2 Å². The molecule has 2 saturated heterocycles. The summed E-state index contributed by atoms with van der Waals surface area (Å²) >= 11 is 1.79. The van der Waals surface area contributed by atoms with E-state index in [0.29, 0.717) is 12.1 Å². The van der Waals surface area contributed by atoms with E-state index in [4.69, 9.17) is 0 Å². The van der Waals surface area contributed by atoms with Gasteiger partial charge in [0.2, 0.25) is 0 Å². The maximum atomic E-state index is 9.82. The van der Waals surface area contributed by atoms with Gasteiger partial charge in [0.15, 0.2) is 0 Å². The van der Waals surface area contributed by atoms with Crippen LogP contribution in [0.1, 0.15) is 18.9 Å². The van der Waals surface area contributed by atoms with E-state index in [1.165, 1.54) is 10.5 Å². The van der Waals surface area contributed by atoms with E-state index in [1.807, 2.05) is 0 Å². The van der Waals surface area contributed by atoms with Crippen molar-refractivity contribution in [2.24, 2.45) is 0 Å². The highest BCUT2D eigenvalue weighted by Gasteiger charge is 2.37. The highest BCUT2D eigenvalue weighted by Crippen LogP contribution is 2.26. The Balaban J connectivity index is 1.64. The first-order chi connectivity index (χ1) is 9.65. The second-order valence-electron chi connectivity index (χ2n) is 6.12. The molecule has 0 amide bonds. The fourth-order valence-corrected chi connectivity index (χ4v) is 3.87. The molecular formula is C16H24N2OS. The lowest BCUT2D eigenvalue weighted by atomic mass is 10.1. The van der Waals surface area contributed by atoms with E-state index in [0.717, 1.165) is 32.6 Å². The van der Waals surface area contributed by atoms with E-state index in [-0.39, 0.29) is 6.10 Å². The van der Waals surface area contributed by atoms with Gasteiger partial charge in [-0.05, 0) is 37.3 Å². The predicted octanol–water partition coefficient (Wildman–Crippen LogP) is 2.05. The monoisotopic (exact) mass is 292 g/mol. The summed E-state index contributed by atoms with van der Waals surface area (Å²) in [5, 5.41) is 9.82. The quantitative estimate of drug-likeness (QED) is 0.863. The van der Waals surface area contributed by atoms with Crippen LogP contribution in [0, 0.1) is 0 Å². The van der Waals surface area contributed by atoms with Crippen molar-refractivity contribution in [2.45, 2.75) is 43.0 Å². The standard InChI is InChI=1S/C16H24N2OS/c1-12-8-18-11-15(19)7-14(18)10-17(12)9-13-3-5-16(20-2)6-4-13/h3-6,12,14-15,19H,7-11H2,1-2H3/t12-,14?,15+/m0/s1. The highest BCUT2D eigenvalue weighted by atomic mass is 32.2. The van der Waals surface area contributed by atoms with E-state index < -0.39 is 0 Å². The number of aliphatic hydroxyl groups is 1. The zero-order chi connectivity index (χ0) is 14.1. The molecule has 1 N–H and O–H groups in total. The van der Waals surface area contributed by atoms with Gasteiger partial charge < -0.3 is 5.11 Å². The molecule has 0 radical (unpaired) electrons. The second-order valence-corrected chi connectivity index (χ2v) is 7.00. The zero-order valence-electron chi connectivity index (χ0n) is 12.3. The average molecular weight is 292 g/mol. The fraction of sp³-hybridized carbons (Fsp3) is 0.625. The molecule has 0 aliphatic carbocycles. The molecule has 2 heterocycles. The van der Waals surface area contributed by atoms with Crippen molar-refractivity contribution in [1.82, 2.24) is 9.80 Å². The van der Waals surface area contributed by atoms with Gasteiger partial charge in [-0.2, -0.15) is 0 Å². The Morgan fingerprint density at radius 1 is 1.20 bits per heavy atom. The van der Waals surface area contributed by atoms with Crippen LogP contribution < -0.4 is 0 Å². The molecule has 0 spiro atoms. The molecule has 1 aromatic rings. The summed E-state index contributed by atoms with van der Waals surface area (Å²) in [6.07, 6.45) is 2.93. The van der Waals surface area contributed by atoms with Crippen LogP contribution >= 0.6 is 11.8 Å². The minimum atomic E-state index is -0.118. The minimum Gasteiger partial charge on any atom is -0.392 e. The molecule has 1 unspecified atom stereocenters. The van der Waals surface area contributed by atoms with Gasteiger partial charge in [-0.3, -0.25) is 9.80 Å². The third kappa shape index (κ3) is 3.03. The molecule has 3 nitrogen and oxygen atoms in total. The summed E-state index contributed by atoms with van der Waals surface area (Å²) in [7, 11) is 0. The summed E-state index contributed by atoms with van der Waals surface area (Å²) in [5.41, 5.74) is 1.39. The number of hydrogen-bond acceptors (Lipinski definition) is 4. The lowest BCUT2D eigenvalue weighted by molar-refractivity contribution is 0.0528. The number of rotatable bonds is 3. The topological polar surface area (TPSA) is 26.7 Å². The van der Waals surface area contributed by atoms with Crippen molar-refractivity contribution in [3.63, 3.8) is 0 Å². The van der Waals surface area contributed by atoms with Crippen LogP contribution in [0.2, 0.25) is 0 Å². The normalized spacial score (nSPS) is 31.4. The molecule has 0 bridgehead atoms. The van der Waals surface area contributed by atoms with Gasteiger partial charge in [0, 0.05) is 43.2 Å². The Morgan fingerprint density at radius 3 is 2.65 bits per heavy atom. The summed E-state index contributed by atoms with van der Waals surface area (Å²) in [6, 6.07) is 10.0. The predicted molar refractivity (Wildman–Crippen MR) is 84.1 cm³/mol. The molecule has 2 aliphatic heterocycles. The zero-order valence-corrected chi connectivity index (χ0v) is 13.1. The molecule has 0 aromatic heterocycles. The fourth-order valence-electron chi connectivity index (χ4n) is 3.46. The third-order valence-corrected chi connectivity index (χ3v) is 5.36. The van der Waals surface area contributed by atoms with Crippen LogP contribution in [0.3, 0.4) is 0 Å². The average Bonchev–Trinajstić information content (AvgIpc) is 2.79. The van der Waals surface area contributed by atoms with Gasteiger partial charge in [0.25, 0.3) is 0 Å². The third-order valence-electron chi connectivity index (χ3n) is 4.62. The molecule has 110 valence electrons. The van der Waals surface area contributed by atoms with Crippen LogP contribution in [0.5, 0.6) is 0 Å². The van der Waals surface area contributed by atoms with Crippen LogP contribution in [0.4, 0.5) is 0 Å². The van der Waals surface area contributed by atoms with Crippen molar-refractivity contribution in [3.05, 3.63) is 29.8 Å². The summed E-state index contributed by atoms with van der Waals surface area (Å²) < 4.78 is 0. The summed E-state index contributed by atoms with van der Waals surface area (Å²) in [6.45, 7) is 6.37. The molecule has 3 atom stereocenters. The van der Waals surface area contributed by atoms with Gasteiger partial charge in [-0.15, -0.1) is 11.8 Å². The molecule has 2 aliphatic rings. The molecule has 20 heavy (non-hydrogen) atoms. The number of hydrogen-bond donors (Lipinski definition) is 1. The smallest absolute Gasteiger partial charge is 0.0682 e. The van der Waals surface area contributed by atoms with Crippen molar-refractivity contribution >= 4 is 11.8 Å². The molecular weight excluding hydrogens is 268 g/mol. The van der Waals surface area contributed by atoms with Crippen molar-refractivity contribution in [3.8, 4) is 0 Å². The SMILES string of the molecule is CSc1ccc(CN2CC3C[C@@H](O)CN3C[C@@H]2C)cc1. The first-order valence-electron chi connectivity index (χ1n) is 7.45. The molecule has 2 fully saturated rings. The van der Waals surface area contributed by atoms with E-state index in [1.54, 1.807) is 11.8 Å². The Kier molecular flexibility index (Phi) is 4.36. The number of benzene rings is 1. The number of piperazine rings is 1. The van der Waals surface area contributed by atoms with Crippen LogP contribution in [0.25, 0.3) is 0 Å². The van der Waals surface area contributed by atoms with Gasteiger partial charge in [0.1, 0.15) is 0 Å². The van der Waals surface area contributed by atoms with Gasteiger partial charge >= 0.3 is 0 Å². The Hall–Kier alpha value is -0.550. The summed E-state index contributed by atoms with van der Waals surface area (Å²) in [4.78, 5) is 6.35. The number of fused-ring (bicyclic) bond motifs is 1. The van der Waals surface area contributed by atoms with E-state index in [9.17, 15) is 5.11 Å². The van der Waals surface area contributed by atoms with Gasteiger partial charge in [-0.1, -0.05) is 12.1 Å². The second kappa shape index (κ2) is 6.06. The Labute approximate surface area is 126 Å². The number of aliphatic hydroxyl groups excluding tert-OH is 1. The van der Waals surface area contributed by atoms with Crippen LogP contribution in [0.15, 0.2) is 29.2 Å². The number of thioether (sulfide) groups is 1. The van der Waals surface area contributed by atoms with Crippen LogP contribution in [-0.4, -0.2) is 59.0 Å². The Bertz CT molecular complexity index is 450. The highest BCUT2D eigenvalue weighted by molar-refractivity contribution is 7.98. The molecule has 1 aromatic carbocycles. The minimum absolute atomic E-state index is 0.118. The van der Waals surface area contributed by atoms with Crippen molar-refractivity contribution in [2.75, 3.05) is 25.9 Å². The largest absolute Gasteiger partial charge is 0.392 e. The van der Waals surface area contributed by atoms with Gasteiger partial charge in [0.05, 0.1) is 6.10 Å².